The number of benzene rings is 1. The Labute approximate surface area is 130 Å². The second-order valence-corrected chi connectivity index (χ2v) is 6.94. The Hall–Kier alpha value is -1.36. The largest absolute Gasteiger partial charge is 0.316 e. The van der Waals surface area contributed by atoms with Gasteiger partial charge in [0.15, 0.2) is 5.82 Å². The van der Waals surface area contributed by atoms with Gasteiger partial charge in [0.1, 0.15) is 0 Å². The van der Waals surface area contributed by atoms with Crippen LogP contribution >= 0.6 is 15.9 Å². The van der Waals surface area contributed by atoms with E-state index in [9.17, 15) is 8.42 Å². The van der Waals surface area contributed by atoms with Crippen LogP contribution in [0.3, 0.4) is 0 Å². The summed E-state index contributed by atoms with van der Waals surface area (Å²) in [5.41, 5.74) is 0.869. The van der Waals surface area contributed by atoms with Crippen LogP contribution in [-0.4, -0.2) is 36.1 Å². The quantitative estimate of drug-likeness (QED) is 0.686. The van der Waals surface area contributed by atoms with Crippen molar-refractivity contribution in [2.45, 2.75) is 24.4 Å². The number of aromatic amines is 1. The molecule has 0 bridgehead atoms. The third kappa shape index (κ3) is 3.84. The Kier molecular flexibility index (Phi) is 5.04. The average Bonchev–Trinajstić information content (AvgIpc) is 2.94. The SMILES string of the molecule is CNCc1ccc(Br)c(S(=O)(=O)NC(C)c2nn[nH]n2)c1. The summed E-state index contributed by atoms with van der Waals surface area (Å²) in [6.45, 7) is 2.23. The standard InChI is InChI=1S/C11H15BrN6O2S/c1-7(11-14-17-18-15-11)16-21(19,20)10-5-8(6-13-2)3-4-9(10)12/h3-5,7,13,16H,6H2,1-2H3,(H,14,15,17,18). The van der Waals surface area contributed by atoms with E-state index >= 15 is 0 Å². The van der Waals surface area contributed by atoms with Crippen LogP contribution < -0.4 is 10.0 Å². The number of nitrogens with one attached hydrogen (secondary N) is 3. The first-order valence-corrected chi connectivity index (χ1v) is 8.40. The zero-order chi connectivity index (χ0) is 15.5. The maximum absolute atomic E-state index is 12.5. The third-order valence-electron chi connectivity index (χ3n) is 2.75. The fourth-order valence-electron chi connectivity index (χ4n) is 1.77. The molecule has 8 nitrogen and oxygen atoms in total. The molecule has 0 aliphatic heterocycles. The molecule has 0 aliphatic rings. The van der Waals surface area contributed by atoms with Crippen LogP contribution in [0.15, 0.2) is 27.6 Å². The molecule has 114 valence electrons. The van der Waals surface area contributed by atoms with Crippen molar-refractivity contribution in [2.24, 2.45) is 0 Å². The molecule has 0 saturated heterocycles. The topological polar surface area (TPSA) is 113 Å². The van der Waals surface area contributed by atoms with Gasteiger partial charge in [-0.1, -0.05) is 11.3 Å². The van der Waals surface area contributed by atoms with Gasteiger partial charge in [-0.05, 0) is 47.6 Å². The highest BCUT2D eigenvalue weighted by Crippen LogP contribution is 2.24. The monoisotopic (exact) mass is 374 g/mol. The summed E-state index contributed by atoms with van der Waals surface area (Å²) >= 11 is 3.27. The number of hydrogen-bond donors (Lipinski definition) is 3. The van der Waals surface area contributed by atoms with Crippen LogP contribution in [0.4, 0.5) is 0 Å². The summed E-state index contributed by atoms with van der Waals surface area (Å²) in [6.07, 6.45) is 0. The Bertz CT molecular complexity index is 704. The molecule has 2 aromatic rings. The molecule has 0 amide bonds. The summed E-state index contributed by atoms with van der Waals surface area (Å²) in [6, 6.07) is 4.59. The van der Waals surface area contributed by atoms with Crippen LogP contribution in [0.5, 0.6) is 0 Å². The molecule has 0 fully saturated rings. The summed E-state index contributed by atoms with van der Waals surface area (Å²) in [5.74, 6) is 0.279. The molecule has 0 spiro atoms. The van der Waals surface area contributed by atoms with Crippen molar-refractivity contribution in [2.75, 3.05) is 7.05 Å². The average molecular weight is 375 g/mol. The Balaban J connectivity index is 2.28. The van der Waals surface area contributed by atoms with E-state index in [4.69, 9.17) is 0 Å². The second-order valence-electron chi connectivity index (χ2n) is 4.41. The van der Waals surface area contributed by atoms with Gasteiger partial charge in [-0.25, -0.2) is 13.1 Å². The van der Waals surface area contributed by atoms with E-state index in [0.717, 1.165) is 5.56 Å². The van der Waals surface area contributed by atoms with E-state index in [1.165, 1.54) is 0 Å². The molecule has 3 N–H and O–H groups in total. The van der Waals surface area contributed by atoms with Crippen LogP contribution in [0, 0.1) is 0 Å². The summed E-state index contributed by atoms with van der Waals surface area (Å²) < 4.78 is 28.0. The van der Waals surface area contributed by atoms with Gasteiger partial charge >= 0.3 is 0 Å². The number of aromatic nitrogens is 4. The third-order valence-corrected chi connectivity index (χ3v) is 5.28. The lowest BCUT2D eigenvalue weighted by Gasteiger charge is -2.13. The van der Waals surface area contributed by atoms with E-state index in [1.807, 2.05) is 6.07 Å². The predicted molar refractivity (Wildman–Crippen MR) is 79.8 cm³/mol. The first-order valence-electron chi connectivity index (χ1n) is 6.12. The van der Waals surface area contributed by atoms with Gasteiger partial charge in [-0.2, -0.15) is 5.21 Å². The molecule has 0 radical (unpaired) electrons. The lowest BCUT2D eigenvalue weighted by Crippen LogP contribution is -2.28. The predicted octanol–water partition coefficient (Wildman–Crippen LogP) is 0.721. The highest BCUT2D eigenvalue weighted by Gasteiger charge is 2.23. The minimum atomic E-state index is -3.70. The Morgan fingerprint density at radius 3 is 2.81 bits per heavy atom. The van der Waals surface area contributed by atoms with E-state index in [2.05, 4.69) is 46.6 Å². The van der Waals surface area contributed by atoms with Crippen molar-refractivity contribution in [3.63, 3.8) is 0 Å². The molecular weight excluding hydrogens is 360 g/mol. The van der Waals surface area contributed by atoms with E-state index in [0.29, 0.717) is 11.0 Å². The molecular formula is C11H15BrN6O2S. The number of nitrogens with zero attached hydrogens (tertiary/aromatic N) is 3. The van der Waals surface area contributed by atoms with Crippen molar-refractivity contribution < 1.29 is 8.42 Å². The number of halogens is 1. The summed E-state index contributed by atoms with van der Waals surface area (Å²) in [4.78, 5) is 0.172. The Morgan fingerprint density at radius 2 is 2.19 bits per heavy atom. The van der Waals surface area contributed by atoms with Crippen molar-refractivity contribution in [1.29, 1.82) is 0 Å². The summed E-state index contributed by atoms with van der Waals surface area (Å²) in [7, 11) is -1.90. The molecule has 10 heteroatoms. The van der Waals surface area contributed by atoms with Crippen molar-refractivity contribution in [3.8, 4) is 0 Å². The van der Waals surface area contributed by atoms with Gasteiger partial charge in [0.25, 0.3) is 0 Å². The normalized spacial score (nSPS) is 13.3. The zero-order valence-corrected chi connectivity index (χ0v) is 13.9. The molecule has 0 saturated carbocycles. The van der Waals surface area contributed by atoms with E-state index in [1.54, 1.807) is 26.1 Å². The van der Waals surface area contributed by atoms with Gasteiger partial charge in [0.05, 0.1) is 10.9 Å². The highest BCUT2D eigenvalue weighted by atomic mass is 79.9. The van der Waals surface area contributed by atoms with Crippen molar-refractivity contribution in [3.05, 3.63) is 34.1 Å². The van der Waals surface area contributed by atoms with Crippen molar-refractivity contribution >= 4 is 26.0 Å². The smallest absolute Gasteiger partial charge is 0.242 e. The van der Waals surface area contributed by atoms with Gasteiger partial charge < -0.3 is 5.32 Å². The van der Waals surface area contributed by atoms with Crippen LogP contribution in [0.1, 0.15) is 24.4 Å². The lowest BCUT2D eigenvalue weighted by atomic mass is 10.2. The summed E-state index contributed by atoms with van der Waals surface area (Å²) in [5, 5.41) is 16.2. The van der Waals surface area contributed by atoms with Crippen LogP contribution in [-0.2, 0) is 16.6 Å². The Morgan fingerprint density at radius 1 is 1.43 bits per heavy atom. The molecule has 1 heterocycles. The van der Waals surface area contributed by atoms with Gasteiger partial charge in [0.2, 0.25) is 10.0 Å². The fourth-order valence-corrected chi connectivity index (χ4v) is 3.98. The molecule has 0 aliphatic carbocycles. The number of hydrogen-bond acceptors (Lipinski definition) is 6. The van der Waals surface area contributed by atoms with Crippen LogP contribution in [0.2, 0.25) is 0 Å². The zero-order valence-electron chi connectivity index (χ0n) is 11.5. The number of rotatable bonds is 6. The molecule has 1 atom stereocenters. The molecule has 21 heavy (non-hydrogen) atoms. The first kappa shape index (κ1) is 16.0. The molecule has 2 rings (SSSR count). The molecule has 1 aromatic heterocycles. The molecule has 1 unspecified atom stereocenters. The number of tetrazole rings is 1. The van der Waals surface area contributed by atoms with Gasteiger partial charge in [0, 0.05) is 11.0 Å². The molecule has 1 aromatic carbocycles. The van der Waals surface area contributed by atoms with Gasteiger partial charge in [-0.15, -0.1) is 10.2 Å². The van der Waals surface area contributed by atoms with Crippen molar-refractivity contribution in [1.82, 2.24) is 30.7 Å². The minimum absolute atomic E-state index is 0.172. The number of H-pyrrole nitrogens is 1. The number of sulfonamides is 1. The van der Waals surface area contributed by atoms with E-state index < -0.39 is 16.1 Å². The minimum Gasteiger partial charge on any atom is -0.316 e. The van der Waals surface area contributed by atoms with E-state index in [-0.39, 0.29) is 10.7 Å². The van der Waals surface area contributed by atoms with Crippen LogP contribution in [0.25, 0.3) is 0 Å². The highest BCUT2D eigenvalue weighted by molar-refractivity contribution is 9.10. The second kappa shape index (κ2) is 6.60. The first-order chi connectivity index (χ1) is 9.94. The maximum atomic E-state index is 12.5. The van der Waals surface area contributed by atoms with Gasteiger partial charge in [-0.3, -0.25) is 0 Å². The fraction of sp³-hybridized carbons (Fsp3) is 0.364. The maximum Gasteiger partial charge on any atom is 0.242 e. The lowest BCUT2D eigenvalue weighted by molar-refractivity contribution is 0.559.